The topological polar surface area (TPSA) is 63.7 Å². The number of hydrogen-bond acceptors (Lipinski definition) is 4. The van der Waals surface area contributed by atoms with E-state index in [-0.39, 0.29) is 18.3 Å². The number of halogens is 1. The second kappa shape index (κ2) is 8.78. The molecule has 2 aromatic carbocycles. The normalized spacial score (nSPS) is 18.9. The SMILES string of the molecule is CC(=O)OCc1ccccc1C(=O)N(C)[C@]1(c2ccccc2Cl)CCCCC1=O. The van der Waals surface area contributed by atoms with E-state index in [1.165, 1.54) is 11.8 Å². The number of likely N-dealkylation sites (N-methyl/N-ethyl adjacent to an activating group) is 1. The molecule has 29 heavy (non-hydrogen) atoms. The van der Waals surface area contributed by atoms with Gasteiger partial charge in [0.15, 0.2) is 5.78 Å². The molecule has 1 fully saturated rings. The van der Waals surface area contributed by atoms with Gasteiger partial charge in [-0.2, -0.15) is 0 Å². The third kappa shape index (κ3) is 4.06. The fraction of sp³-hybridized carbons (Fsp3) is 0.348. The lowest BCUT2D eigenvalue weighted by Crippen LogP contribution is -2.54. The largest absolute Gasteiger partial charge is 0.461 e. The average molecular weight is 414 g/mol. The van der Waals surface area contributed by atoms with Crippen molar-refractivity contribution in [2.24, 2.45) is 0 Å². The van der Waals surface area contributed by atoms with Crippen LogP contribution in [0.2, 0.25) is 5.02 Å². The van der Waals surface area contributed by atoms with Crippen molar-refractivity contribution >= 4 is 29.3 Å². The fourth-order valence-corrected chi connectivity index (χ4v) is 4.31. The highest BCUT2D eigenvalue weighted by Crippen LogP contribution is 2.42. The van der Waals surface area contributed by atoms with Gasteiger partial charge in [-0.15, -0.1) is 0 Å². The number of Topliss-reactive ketones (excluding diaryl/α,β-unsaturated/α-hetero) is 1. The van der Waals surface area contributed by atoms with Crippen LogP contribution in [0.4, 0.5) is 0 Å². The number of hydrogen-bond donors (Lipinski definition) is 0. The zero-order chi connectivity index (χ0) is 21.0. The molecule has 1 saturated carbocycles. The van der Waals surface area contributed by atoms with Gasteiger partial charge in [-0.25, -0.2) is 0 Å². The molecule has 0 heterocycles. The summed E-state index contributed by atoms with van der Waals surface area (Å²) >= 11 is 6.48. The number of carbonyl (C=O) groups excluding carboxylic acids is 3. The lowest BCUT2D eigenvalue weighted by atomic mass is 9.74. The van der Waals surface area contributed by atoms with Crippen LogP contribution >= 0.6 is 11.6 Å². The molecule has 0 aliphatic heterocycles. The number of esters is 1. The summed E-state index contributed by atoms with van der Waals surface area (Å²) in [5.74, 6) is -0.733. The molecule has 6 heteroatoms. The van der Waals surface area contributed by atoms with Crippen molar-refractivity contribution in [3.05, 3.63) is 70.2 Å². The van der Waals surface area contributed by atoms with Gasteiger partial charge < -0.3 is 9.64 Å². The molecule has 5 nitrogen and oxygen atoms in total. The Morgan fingerprint density at radius 1 is 1.10 bits per heavy atom. The zero-order valence-corrected chi connectivity index (χ0v) is 17.4. The summed E-state index contributed by atoms with van der Waals surface area (Å²) in [7, 11) is 1.65. The maximum Gasteiger partial charge on any atom is 0.302 e. The molecule has 1 aliphatic carbocycles. The van der Waals surface area contributed by atoms with Crippen molar-refractivity contribution in [3.8, 4) is 0 Å². The lowest BCUT2D eigenvalue weighted by molar-refractivity contribution is -0.142. The van der Waals surface area contributed by atoms with E-state index in [4.69, 9.17) is 16.3 Å². The first-order valence-electron chi connectivity index (χ1n) is 9.65. The predicted octanol–water partition coefficient (Wildman–Crippen LogP) is 4.51. The van der Waals surface area contributed by atoms with Crippen LogP contribution in [-0.2, 0) is 26.5 Å². The molecule has 152 valence electrons. The second-order valence-corrected chi connectivity index (χ2v) is 7.68. The molecule has 1 atom stereocenters. The minimum absolute atomic E-state index is 0.00186. The molecule has 1 amide bonds. The van der Waals surface area contributed by atoms with Crippen LogP contribution in [0.1, 0.15) is 54.1 Å². The number of ketones is 1. The van der Waals surface area contributed by atoms with Crippen LogP contribution in [-0.4, -0.2) is 29.6 Å². The molecule has 0 saturated heterocycles. The maximum atomic E-state index is 13.5. The Labute approximate surface area is 175 Å². The van der Waals surface area contributed by atoms with Gasteiger partial charge in [0.25, 0.3) is 5.91 Å². The summed E-state index contributed by atoms with van der Waals surface area (Å²) in [5.41, 5.74) is 0.542. The summed E-state index contributed by atoms with van der Waals surface area (Å²) in [4.78, 5) is 39.5. The first-order valence-corrected chi connectivity index (χ1v) is 10.0. The highest BCUT2D eigenvalue weighted by Gasteiger charge is 2.48. The fourth-order valence-electron chi connectivity index (χ4n) is 4.02. The first kappa shape index (κ1) is 21.1. The number of ether oxygens (including phenoxy) is 1. The summed E-state index contributed by atoms with van der Waals surface area (Å²) in [6.07, 6.45) is 2.54. The van der Waals surface area contributed by atoms with E-state index in [1.54, 1.807) is 37.4 Å². The second-order valence-electron chi connectivity index (χ2n) is 7.27. The third-order valence-electron chi connectivity index (χ3n) is 5.53. The zero-order valence-electron chi connectivity index (χ0n) is 16.6. The summed E-state index contributed by atoms with van der Waals surface area (Å²) in [6, 6.07) is 14.2. The Bertz CT molecular complexity index is 942. The molecule has 0 radical (unpaired) electrons. The molecule has 2 aromatic rings. The van der Waals surface area contributed by atoms with Crippen LogP contribution < -0.4 is 0 Å². The van der Waals surface area contributed by atoms with E-state index in [0.717, 1.165) is 12.8 Å². The first-order chi connectivity index (χ1) is 13.9. The predicted molar refractivity (Wildman–Crippen MR) is 111 cm³/mol. The minimum Gasteiger partial charge on any atom is -0.461 e. The van der Waals surface area contributed by atoms with Gasteiger partial charge in [0, 0.05) is 42.1 Å². The van der Waals surface area contributed by atoms with E-state index in [0.29, 0.717) is 34.6 Å². The highest BCUT2D eigenvalue weighted by atomic mass is 35.5. The monoisotopic (exact) mass is 413 g/mol. The molecule has 0 aromatic heterocycles. The van der Waals surface area contributed by atoms with Crippen LogP contribution in [0.3, 0.4) is 0 Å². The maximum absolute atomic E-state index is 13.5. The Hall–Kier alpha value is -2.66. The van der Waals surface area contributed by atoms with Gasteiger partial charge in [0.05, 0.1) is 0 Å². The van der Waals surface area contributed by atoms with Gasteiger partial charge in [0.1, 0.15) is 12.1 Å². The van der Waals surface area contributed by atoms with Crippen molar-refractivity contribution in [2.75, 3.05) is 7.05 Å². The highest BCUT2D eigenvalue weighted by molar-refractivity contribution is 6.31. The summed E-state index contributed by atoms with van der Waals surface area (Å²) < 4.78 is 5.10. The van der Waals surface area contributed by atoms with Gasteiger partial charge in [-0.1, -0.05) is 48.0 Å². The van der Waals surface area contributed by atoms with E-state index >= 15 is 0 Å². The number of amides is 1. The molecule has 0 spiro atoms. The van der Waals surface area contributed by atoms with Crippen molar-refractivity contribution in [1.29, 1.82) is 0 Å². The Balaban J connectivity index is 2.05. The molecule has 0 bridgehead atoms. The molecule has 1 aliphatic rings. The molecule has 3 rings (SSSR count). The quantitative estimate of drug-likeness (QED) is 0.676. The molecule has 0 N–H and O–H groups in total. The Morgan fingerprint density at radius 2 is 1.79 bits per heavy atom. The van der Waals surface area contributed by atoms with Crippen molar-refractivity contribution in [2.45, 2.75) is 44.8 Å². The van der Waals surface area contributed by atoms with E-state index in [2.05, 4.69) is 0 Å². The molecular formula is C23H24ClNO4. The van der Waals surface area contributed by atoms with Crippen LogP contribution in [0.15, 0.2) is 48.5 Å². The Kier molecular flexibility index (Phi) is 6.38. The van der Waals surface area contributed by atoms with Crippen LogP contribution in [0, 0.1) is 0 Å². The molecule has 0 unspecified atom stereocenters. The third-order valence-corrected chi connectivity index (χ3v) is 5.86. The average Bonchev–Trinajstić information content (AvgIpc) is 2.72. The standard InChI is InChI=1S/C23H24ClNO4/c1-16(26)29-15-17-9-3-4-10-18(17)22(28)25(2)23(14-8-7-13-21(23)27)19-11-5-6-12-20(19)24/h3-6,9-12H,7-8,13-15H2,1-2H3/t23-/m0/s1. The number of benzene rings is 2. The van der Waals surface area contributed by atoms with E-state index < -0.39 is 11.5 Å². The van der Waals surface area contributed by atoms with E-state index in [9.17, 15) is 14.4 Å². The van der Waals surface area contributed by atoms with Crippen LogP contribution in [0.5, 0.6) is 0 Å². The van der Waals surface area contributed by atoms with E-state index in [1.807, 2.05) is 18.2 Å². The van der Waals surface area contributed by atoms with Gasteiger partial charge >= 0.3 is 5.97 Å². The van der Waals surface area contributed by atoms with Crippen molar-refractivity contribution < 1.29 is 19.1 Å². The number of carbonyl (C=O) groups is 3. The smallest absolute Gasteiger partial charge is 0.302 e. The molecular weight excluding hydrogens is 390 g/mol. The van der Waals surface area contributed by atoms with Crippen molar-refractivity contribution in [3.63, 3.8) is 0 Å². The van der Waals surface area contributed by atoms with Crippen LogP contribution in [0.25, 0.3) is 0 Å². The summed E-state index contributed by atoms with van der Waals surface area (Å²) in [5, 5.41) is 0.468. The summed E-state index contributed by atoms with van der Waals surface area (Å²) in [6.45, 7) is 1.32. The van der Waals surface area contributed by atoms with Crippen molar-refractivity contribution in [1.82, 2.24) is 4.90 Å². The lowest BCUT2D eigenvalue weighted by Gasteiger charge is -2.44. The van der Waals surface area contributed by atoms with Gasteiger partial charge in [0.2, 0.25) is 0 Å². The van der Waals surface area contributed by atoms with Gasteiger partial charge in [-0.3, -0.25) is 14.4 Å². The number of nitrogens with zero attached hydrogens (tertiary/aromatic N) is 1. The minimum atomic E-state index is -1.11. The Morgan fingerprint density at radius 3 is 2.48 bits per heavy atom. The van der Waals surface area contributed by atoms with Gasteiger partial charge in [-0.05, 0) is 31.4 Å². The number of rotatable bonds is 5.